The Labute approximate surface area is 161 Å². The van der Waals surface area contributed by atoms with Crippen LogP contribution in [0.1, 0.15) is 22.8 Å². The smallest absolute Gasteiger partial charge is 0.263 e. The van der Waals surface area contributed by atoms with Crippen molar-refractivity contribution in [2.45, 2.75) is 23.3 Å². The minimum atomic E-state index is -3.87. The molecule has 136 valence electrons. The average Bonchev–Trinajstić information content (AvgIpc) is 3.19. The van der Waals surface area contributed by atoms with E-state index in [0.717, 1.165) is 21.9 Å². The third kappa shape index (κ3) is 3.57. The number of thiazole rings is 1. The highest BCUT2D eigenvalue weighted by molar-refractivity contribution is 7.92. The maximum absolute atomic E-state index is 12.7. The van der Waals surface area contributed by atoms with Crippen molar-refractivity contribution in [2.75, 3.05) is 4.72 Å². The van der Waals surface area contributed by atoms with Crippen LogP contribution in [0.15, 0.2) is 59.6 Å². The van der Waals surface area contributed by atoms with Gasteiger partial charge in [-0.3, -0.25) is 4.72 Å². The molecular formula is C19H16N4O2S2. The number of anilines is 1. The number of nitrogens with zero attached hydrogens (tertiary/aromatic N) is 2. The van der Waals surface area contributed by atoms with Crippen LogP contribution in [0.2, 0.25) is 0 Å². The van der Waals surface area contributed by atoms with Gasteiger partial charge in [-0.1, -0.05) is 24.3 Å². The van der Waals surface area contributed by atoms with E-state index in [4.69, 9.17) is 11.0 Å². The van der Waals surface area contributed by atoms with E-state index in [9.17, 15) is 8.42 Å². The molecule has 6 nitrogen and oxygen atoms in total. The fourth-order valence-corrected chi connectivity index (χ4v) is 5.16. The summed E-state index contributed by atoms with van der Waals surface area (Å²) in [4.78, 5) is 5.56. The van der Waals surface area contributed by atoms with Crippen molar-refractivity contribution in [1.82, 2.24) is 4.98 Å². The molecule has 1 saturated carbocycles. The average molecular weight is 396 g/mol. The molecule has 1 fully saturated rings. The highest BCUT2D eigenvalue weighted by Crippen LogP contribution is 2.43. The van der Waals surface area contributed by atoms with Crippen molar-refractivity contribution in [1.29, 1.82) is 5.26 Å². The lowest BCUT2D eigenvalue weighted by molar-refractivity contribution is 0.601. The Morgan fingerprint density at radius 1 is 1.22 bits per heavy atom. The van der Waals surface area contributed by atoms with Crippen LogP contribution in [0.4, 0.5) is 5.69 Å². The summed E-state index contributed by atoms with van der Waals surface area (Å²) in [5.74, 6) is 0.389. The van der Waals surface area contributed by atoms with Gasteiger partial charge in [0.1, 0.15) is 16.0 Å². The topological polar surface area (TPSA) is 109 Å². The second-order valence-corrected chi connectivity index (χ2v) is 9.08. The number of nitrogens with one attached hydrogen (secondary N) is 1. The number of hydrogen-bond donors (Lipinski definition) is 2. The van der Waals surface area contributed by atoms with Gasteiger partial charge >= 0.3 is 0 Å². The van der Waals surface area contributed by atoms with Gasteiger partial charge in [0.15, 0.2) is 0 Å². The van der Waals surface area contributed by atoms with E-state index in [1.54, 1.807) is 41.7 Å². The summed E-state index contributed by atoms with van der Waals surface area (Å²) in [5.41, 5.74) is 7.25. The van der Waals surface area contributed by atoms with E-state index in [0.29, 0.717) is 11.6 Å². The molecule has 0 spiro atoms. The molecule has 3 aromatic rings. The van der Waals surface area contributed by atoms with Crippen molar-refractivity contribution in [3.63, 3.8) is 0 Å². The van der Waals surface area contributed by atoms with Crippen LogP contribution in [-0.2, 0) is 10.0 Å². The molecule has 0 radical (unpaired) electrons. The summed E-state index contributed by atoms with van der Waals surface area (Å²) >= 11 is 1.58. The minimum Gasteiger partial charge on any atom is -0.327 e. The van der Waals surface area contributed by atoms with E-state index in [1.165, 1.54) is 12.1 Å². The third-order valence-corrected chi connectivity index (χ3v) is 7.01. The Bertz CT molecular complexity index is 1150. The van der Waals surface area contributed by atoms with E-state index in [1.807, 2.05) is 18.3 Å². The summed E-state index contributed by atoms with van der Waals surface area (Å²) in [6.45, 7) is 0. The molecule has 1 aliphatic carbocycles. The van der Waals surface area contributed by atoms with Crippen LogP contribution in [0.25, 0.3) is 10.6 Å². The van der Waals surface area contributed by atoms with Crippen LogP contribution in [0, 0.1) is 11.3 Å². The van der Waals surface area contributed by atoms with E-state index in [2.05, 4.69) is 9.71 Å². The molecule has 3 N–H and O–H groups in total. The molecule has 1 aromatic heterocycles. The lowest BCUT2D eigenvalue weighted by atomic mass is 10.2. The largest absolute Gasteiger partial charge is 0.327 e. The first-order valence-electron chi connectivity index (χ1n) is 8.31. The van der Waals surface area contributed by atoms with Crippen molar-refractivity contribution in [3.05, 3.63) is 65.2 Å². The number of benzene rings is 2. The molecule has 0 saturated heterocycles. The second kappa shape index (κ2) is 6.78. The van der Waals surface area contributed by atoms with Gasteiger partial charge in [0.2, 0.25) is 0 Å². The zero-order chi connectivity index (χ0) is 19.0. The molecule has 0 bridgehead atoms. The van der Waals surface area contributed by atoms with Crippen LogP contribution < -0.4 is 10.5 Å². The van der Waals surface area contributed by atoms with Gasteiger partial charge in [-0.25, -0.2) is 13.4 Å². The Balaban J connectivity index is 1.61. The van der Waals surface area contributed by atoms with Crippen LogP contribution in [0.3, 0.4) is 0 Å². The first kappa shape index (κ1) is 17.7. The van der Waals surface area contributed by atoms with Crippen LogP contribution in [0.5, 0.6) is 0 Å². The summed E-state index contributed by atoms with van der Waals surface area (Å²) in [5, 5.41) is 9.98. The molecular weight excluding hydrogens is 380 g/mol. The standard InChI is InChI=1S/C19H16N4O2S2/c20-10-13-4-1-2-7-18(13)27(24,25)23-14-6-3-5-12(8-14)19-22-11-17(26-19)15-9-16(15)21/h1-8,11,15-16,23H,9,21H2. The minimum absolute atomic E-state index is 0.0443. The lowest BCUT2D eigenvalue weighted by Gasteiger charge is -2.10. The zero-order valence-electron chi connectivity index (χ0n) is 14.2. The van der Waals surface area contributed by atoms with Crippen molar-refractivity contribution >= 4 is 27.0 Å². The van der Waals surface area contributed by atoms with Gasteiger partial charge in [0, 0.05) is 34.3 Å². The Morgan fingerprint density at radius 3 is 2.74 bits per heavy atom. The Morgan fingerprint density at radius 2 is 2.00 bits per heavy atom. The number of hydrogen-bond acceptors (Lipinski definition) is 6. The highest BCUT2D eigenvalue weighted by Gasteiger charge is 2.36. The fourth-order valence-electron chi connectivity index (χ4n) is 2.85. The maximum Gasteiger partial charge on any atom is 0.263 e. The normalized spacial score (nSPS) is 18.7. The van der Waals surface area contributed by atoms with Gasteiger partial charge < -0.3 is 5.73 Å². The summed E-state index contributed by atoms with van der Waals surface area (Å²) in [6.07, 6.45) is 2.83. The molecule has 1 heterocycles. The van der Waals surface area contributed by atoms with Crippen molar-refractivity contribution in [2.24, 2.45) is 5.73 Å². The van der Waals surface area contributed by atoms with E-state index >= 15 is 0 Å². The van der Waals surface area contributed by atoms with Gasteiger partial charge in [0.05, 0.1) is 5.56 Å². The summed E-state index contributed by atoms with van der Waals surface area (Å²) in [7, 11) is -3.87. The number of rotatable bonds is 5. The molecule has 27 heavy (non-hydrogen) atoms. The quantitative estimate of drug-likeness (QED) is 0.688. The van der Waals surface area contributed by atoms with E-state index in [-0.39, 0.29) is 16.5 Å². The van der Waals surface area contributed by atoms with Crippen LogP contribution in [-0.4, -0.2) is 19.4 Å². The fraction of sp³-hybridized carbons (Fsp3) is 0.158. The molecule has 0 aliphatic heterocycles. The van der Waals surface area contributed by atoms with Crippen molar-refractivity contribution in [3.8, 4) is 16.6 Å². The first-order valence-corrected chi connectivity index (χ1v) is 10.6. The molecule has 2 unspecified atom stereocenters. The Kier molecular flexibility index (Phi) is 4.44. The van der Waals surface area contributed by atoms with E-state index < -0.39 is 10.0 Å². The SMILES string of the molecule is N#Cc1ccccc1S(=O)(=O)Nc1cccc(-c2ncc(C3CC3N)s2)c1. The molecule has 1 aliphatic rings. The summed E-state index contributed by atoms with van der Waals surface area (Å²) in [6, 6.07) is 15.3. The Hall–Kier alpha value is -2.73. The molecule has 0 amide bonds. The van der Waals surface area contributed by atoms with Gasteiger partial charge in [-0.15, -0.1) is 11.3 Å². The highest BCUT2D eigenvalue weighted by atomic mass is 32.2. The van der Waals surface area contributed by atoms with Gasteiger partial charge in [-0.05, 0) is 30.7 Å². The molecule has 4 rings (SSSR count). The lowest BCUT2D eigenvalue weighted by Crippen LogP contribution is -2.14. The monoisotopic (exact) mass is 396 g/mol. The van der Waals surface area contributed by atoms with Crippen molar-refractivity contribution < 1.29 is 8.42 Å². The third-order valence-electron chi connectivity index (χ3n) is 4.39. The zero-order valence-corrected chi connectivity index (χ0v) is 15.8. The van der Waals surface area contributed by atoms with Crippen LogP contribution >= 0.6 is 11.3 Å². The van der Waals surface area contributed by atoms with Gasteiger partial charge in [-0.2, -0.15) is 5.26 Å². The molecule has 2 aromatic carbocycles. The molecule has 2 atom stereocenters. The first-order chi connectivity index (χ1) is 13.0. The number of nitriles is 1. The number of nitrogens with two attached hydrogens (primary N) is 1. The molecule has 8 heteroatoms. The van der Waals surface area contributed by atoms with Gasteiger partial charge in [0.25, 0.3) is 10.0 Å². The summed E-state index contributed by atoms with van der Waals surface area (Å²) < 4.78 is 27.9. The maximum atomic E-state index is 12.7. The second-order valence-electron chi connectivity index (χ2n) is 6.37. The number of sulfonamides is 1. The predicted molar refractivity (Wildman–Crippen MR) is 105 cm³/mol. The predicted octanol–water partition coefficient (Wildman–Crippen LogP) is 3.30. The number of aromatic nitrogens is 1.